The average Bonchev–Trinajstić information content (AvgIpc) is 3.19. The monoisotopic (exact) mass is 280 g/mol. The van der Waals surface area contributed by atoms with Gasteiger partial charge in [-0.3, -0.25) is 9.59 Å². The van der Waals surface area contributed by atoms with Crippen molar-refractivity contribution in [3.63, 3.8) is 0 Å². The Bertz CT molecular complexity index is 415. The van der Waals surface area contributed by atoms with Crippen LogP contribution in [0, 0.1) is 5.92 Å². The van der Waals surface area contributed by atoms with Gasteiger partial charge in [0.2, 0.25) is 11.8 Å². The van der Waals surface area contributed by atoms with Crippen LogP contribution in [0.1, 0.15) is 46.0 Å². The van der Waals surface area contributed by atoms with Crippen molar-refractivity contribution >= 4 is 11.8 Å². The van der Waals surface area contributed by atoms with E-state index in [0.29, 0.717) is 25.4 Å². The summed E-state index contributed by atoms with van der Waals surface area (Å²) < 4.78 is 5.84. The molecule has 3 rings (SSSR count). The van der Waals surface area contributed by atoms with Crippen LogP contribution in [0.3, 0.4) is 0 Å². The van der Waals surface area contributed by atoms with Crippen molar-refractivity contribution in [1.29, 1.82) is 0 Å². The zero-order valence-electron chi connectivity index (χ0n) is 12.4. The van der Waals surface area contributed by atoms with E-state index in [4.69, 9.17) is 4.74 Å². The first-order chi connectivity index (χ1) is 9.61. The summed E-state index contributed by atoms with van der Waals surface area (Å²) in [7, 11) is 0. The molecule has 2 atom stereocenters. The van der Waals surface area contributed by atoms with Crippen molar-refractivity contribution in [2.45, 2.75) is 63.6 Å². The minimum Gasteiger partial charge on any atom is -0.376 e. The third kappa shape index (κ3) is 2.12. The van der Waals surface area contributed by atoms with Gasteiger partial charge in [-0.25, -0.2) is 0 Å². The smallest absolute Gasteiger partial charge is 0.249 e. The van der Waals surface area contributed by atoms with Crippen LogP contribution in [-0.2, 0) is 14.3 Å². The maximum absolute atomic E-state index is 12.9. The van der Waals surface area contributed by atoms with Gasteiger partial charge in [0.05, 0.1) is 12.1 Å². The minimum atomic E-state index is -0.702. The molecule has 3 fully saturated rings. The van der Waals surface area contributed by atoms with Crippen molar-refractivity contribution in [3.05, 3.63) is 0 Å². The first-order valence-electron chi connectivity index (χ1n) is 7.85. The lowest BCUT2D eigenvalue weighted by Crippen LogP contribution is -2.68. The molecule has 0 aromatic heterocycles. The van der Waals surface area contributed by atoms with Gasteiger partial charge >= 0.3 is 0 Å². The summed E-state index contributed by atoms with van der Waals surface area (Å²) in [5.74, 6) is 0.649. The molecule has 5 heteroatoms. The van der Waals surface area contributed by atoms with E-state index in [2.05, 4.69) is 5.32 Å². The summed E-state index contributed by atoms with van der Waals surface area (Å²) >= 11 is 0. The number of ether oxygens (including phenoxy) is 1. The Kier molecular flexibility index (Phi) is 3.48. The van der Waals surface area contributed by atoms with Crippen molar-refractivity contribution in [3.8, 4) is 0 Å². The molecule has 0 spiro atoms. The van der Waals surface area contributed by atoms with Crippen LogP contribution in [0.2, 0.25) is 0 Å². The van der Waals surface area contributed by atoms with E-state index in [1.807, 2.05) is 18.7 Å². The highest BCUT2D eigenvalue weighted by molar-refractivity contribution is 5.98. The summed E-state index contributed by atoms with van der Waals surface area (Å²) in [5, 5.41) is 2.92. The molecular formula is C15H24N2O3. The Morgan fingerprint density at radius 3 is 2.55 bits per heavy atom. The van der Waals surface area contributed by atoms with Crippen molar-refractivity contribution in [1.82, 2.24) is 10.2 Å². The molecule has 1 N–H and O–H groups in total. The van der Waals surface area contributed by atoms with Gasteiger partial charge in [0.25, 0.3) is 0 Å². The molecule has 3 aliphatic rings. The Labute approximate surface area is 120 Å². The molecule has 20 heavy (non-hydrogen) atoms. The number of carbonyl (C=O) groups is 2. The number of amides is 2. The molecule has 112 valence electrons. The predicted molar refractivity (Wildman–Crippen MR) is 74.0 cm³/mol. The van der Waals surface area contributed by atoms with Gasteiger partial charge in [-0.05, 0) is 38.0 Å². The zero-order valence-corrected chi connectivity index (χ0v) is 12.4. The Morgan fingerprint density at radius 2 is 1.95 bits per heavy atom. The molecule has 1 aliphatic carbocycles. The fraction of sp³-hybridized carbons (Fsp3) is 0.867. The number of carbonyl (C=O) groups excluding carboxylic acids is 2. The van der Waals surface area contributed by atoms with Gasteiger partial charge in [0, 0.05) is 6.61 Å². The fourth-order valence-corrected chi connectivity index (χ4v) is 3.67. The lowest BCUT2D eigenvalue weighted by molar-refractivity contribution is -0.154. The number of nitrogens with zero attached hydrogens (tertiary/aromatic N) is 1. The number of hydrogen-bond donors (Lipinski definition) is 1. The van der Waals surface area contributed by atoms with Gasteiger partial charge in [0.15, 0.2) is 0 Å². The summed E-state index contributed by atoms with van der Waals surface area (Å²) in [6.07, 6.45) is 4.70. The standard InChI is InChI=1S/C15H24N2O3/c1-3-15(4-2)14(19)17(9-12(18)16-15)11-7-8-20-13(11)10-5-6-10/h10-11,13H,3-9H2,1-2H3,(H,16,18). The third-order valence-corrected chi connectivity index (χ3v) is 5.16. The largest absolute Gasteiger partial charge is 0.376 e. The van der Waals surface area contributed by atoms with E-state index in [9.17, 15) is 9.59 Å². The van der Waals surface area contributed by atoms with Crippen LogP contribution in [0.15, 0.2) is 0 Å². The summed E-state index contributed by atoms with van der Waals surface area (Å²) in [4.78, 5) is 26.7. The highest BCUT2D eigenvalue weighted by atomic mass is 16.5. The number of rotatable bonds is 4. The molecule has 2 unspecified atom stereocenters. The van der Waals surface area contributed by atoms with Gasteiger partial charge in [-0.2, -0.15) is 0 Å². The molecule has 2 heterocycles. The highest BCUT2D eigenvalue weighted by Gasteiger charge is 2.51. The average molecular weight is 280 g/mol. The Hall–Kier alpha value is -1.10. The zero-order chi connectivity index (χ0) is 14.3. The summed E-state index contributed by atoms with van der Waals surface area (Å²) in [5.41, 5.74) is -0.702. The van der Waals surface area contributed by atoms with E-state index in [1.54, 1.807) is 0 Å². The van der Waals surface area contributed by atoms with E-state index in [1.165, 1.54) is 12.8 Å². The normalized spacial score (nSPS) is 33.4. The van der Waals surface area contributed by atoms with E-state index < -0.39 is 5.54 Å². The quantitative estimate of drug-likeness (QED) is 0.838. The van der Waals surface area contributed by atoms with Crippen molar-refractivity contribution in [2.24, 2.45) is 5.92 Å². The Morgan fingerprint density at radius 1 is 1.25 bits per heavy atom. The lowest BCUT2D eigenvalue weighted by Gasteiger charge is -2.44. The molecule has 5 nitrogen and oxygen atoms in total. The van der Waals surface area contributed by atoms with Crippen LogP contribution in [0.25, 0.3) is 0 Å². The van der Waals surface area contributed by atoms with Crippen LogP contribution >= 0.6 is 0 Å². The molecule has 1 saturated carbocycles. The lowest BCUT2D eigenvalue weighted by atomic mass is 9.87. The molecule has 0 radical (unpaired) electrons. The van der Waals surface area contributed by atoms with Gasteiger partial charge < -0.3 is 15.0 Å². The number of nitrogens with one attached hydrogen (secondary N) is 1. The second kappa shape index (κ2) is 5.02. The summed E-state index contributed by atoms with van der Waals surface area (Å²) in [6.45, 7) is 4.84. The van der Waals surface area contributed by atoms with Crippen LogP contribution in [0.5, 0.6) is 0 Å². The maximum Gasteiger partial charge on any atom is 0.249 e. The molecule has 0 aromatic carbocycles. The van der Waals surface area contributed by atoms with Crippen LogP contribution in [-0.4, -0.2) is 47.6 Å². The van der Waals surface area contributed by atoms with Gasteiger partial charge in [-0.1, -0.05) is 13.8 Å². The second-order valence-electron chi connectivity index (χ2n) is 6.30. The van der Waals surface area contributed by atoms with Gasteiger partial charge in [0.1, 0.15) is 12.1 Å². The number of hydrogen-bond acceptors (Lipinski definition) is 3. The van der Waals surface area contributed by atoms with Gasteiger partial charge in [-0.15, -0.1) is 0 Å². The fourth-order valence-electron chi connectivity index (χ4n) is 3.67. The minimum absolute atomic E-state index is 0.0326. The first kappa shape index (κ1) is 13.9. The predicted octanol–water partition coefficient (Wildman–Crippen LogP) is 1.07. The first-order valence-corrected chi connectivity index (χ1v) is 7.85. The van der Waals surface area contributed by atoms with E-state index in [-0.39, 0.29) is 30.5 Å². The highest BCUT2D eigenvalue weighted by Crippen LogP contribution is 2.41. The number of piperazine rings is 1. The molecule has 2 amide bonds. The second-order valence-corrected chi connectivity index (χ2v) is 6.30. The van der Waals surface area contributed by atoms with Crippen LogP contribution < -0.4 is 5.32 Å². The molecule has 2 saturated heterocycles. The van der Waals surface area contributed by atoms with Crippen molar-refractivity contribution in [2.75, 3.05) is 13.2 Å². The van der Waals surface area contributed by atoms with Crippen LogP contribution in [0.4, 0.5) is 0 Å². The summed E-state index contributed by atoms with van der Waals surface area (Å²) in [6, 6.07) is 0.0959. The molecular weight excluding hydrogens is 256 g/mol. The van der Waals surface area contributed by atoms with E-state index in [0.717, 1.165) is 6.42 Å². The molecule has 0 bridgehead atoms. The molecule has 0 aromatic rings. The SMILES string of the molecule is CCC1(CC)NC(=O)CN(C2CCOC2C2CC2)C1=O. The third-order valence-electron chi connectivity index (χ3n) is 5.16. The van der Waals surface area contributed by atoms with E-state index >= 15 is 0 Å². The molecule has 2 aliphatic heterocycles. The topological polar surface area (TPSA) is 58.6 Å². The Balaban J connectivity index is 1.84. The van der Waals surface area contributed by atoms with Crippen molar-refractivity contribution < 1.29 is 14.3 Å². The maximum atomic E-state index is 12.9.